The number of benzene rings is 1. The van der Waals surface area contributed by atoms with Crippen LogP contribution >= 0.6 is 0 Å². The molecule has 4 heteroatoms. The summed E-state index contributed by atoms with van der Waals surface area (Å²) in [7, 11) is 0. The third kappa shape index (κ3) is 4.38. The average molecular weight is 524 g/mol. The minimum Gasteiger partial charge on any atom is -0.355 e. The van der Waals surface area contributed by atoms with E-state index in [4.69, 9.17) is 0 Å². The quantitative estimate of drug-likeness (QED) is 0.291. The highest BCUT2D eigenvalue weighted by atomic mass is 19.1. The van der Waals surface area contributed by atoms with Gasteiger partial charge in [-0.15, -0.1) is 0 Å². The Labute approximate surface area is 230 Å². The van der Waals surface area contributed by atoms with Crippen molar-refractivity contribution < 1.29 is 14.0 Å². The molecule has 3 aliphatic carbocycles. The summed E-state index contributed by atoms with van der Waals surface area (Å²) in [4.78, 5) is 27.4. The molecule has 0 heterocycles. The second-order valence-electron chi connectivity index (χ2n) is 14.0. The lowest BCUT2D eigenvalue weighted by molar-refractivity contribution is -0.186. The van der Waals surface area contributed by atoms with Crippen LogP contribution in [0.3, 0.4) is 0 Å². The van der Waals surface area contributed by atoms with Crippen molar-refractivity contribution >= 4 is 11.7 Å². The standard InChI is InChI=1S/C34H50FNO2/c1-9-22(3)26-14-15-28-32(6)21-25(30(38)36-19-17-23-12-11-13-24(35)20-23)29(37)31(4,5)27(32)16-18-34(28,8)33(26,7)10-2/h11-14,20,22,25,27-28H,9-10,15-19,21H2,1-8H3,(H,36,38). The van der Waals surface area contributed by atoms with Gasteiger partial charge in [0, 0.05) is 12.0 Å². The summed E-state index contributed by atoms with van der Waals surface area (Å²) in [6, 6.07) is 6.49. The highest BCUT2D eigenvalue weighted by molar-refractivity contribution is 6.04. The van der Waals surface area contributed by atoms with Crippen molar-refractivity contribution in [1.29, 1.82) is 0 Å². The molecule has 3 nitrogen and oxygen atoms in total. The number of rotatable bonds is 7. The number of carbonyl (C=O) groups excluding carboxylic acids is 2. The zero-order chi connectivity index (χ0) is 28.1. The number of Topliss-reactive ketones (excluding diaryl/α,β-unsaturated/α-hetero) is 1. The molecule has 7 unspecified atom stereocenters. The molecule has 0 saturated heterocycles. The van der Waals surface area contributed by atoms with Crippen LogP contribution in [-0.4, -0.2) is 18.2 Å². The molecule has 2 saturated carbocycles. The first-order valence-electron chi connectivity index (χ1n) is 15.0. The van der Waals surface area contributed by atoms with Crippen LogP contribution in [0, 0.1) is 51.1 Å². The molecule has 0 radical (unpaired) electrons. The van der Waals surface area contributed by atoms with Gasteiger partial charge in [0.1, 0.15) is 5.82 Å². The lowest BCUT2D eigenvalue weighted by Crippen LogP contribution is -2.64. The zero-order valence-electron chi connectivity index (χ0n) is 25.0. The number of carbonyl (C=O) groups is 2. The second-order valence-corrected chi connectivity index (χ2v) is 14.0. The van der Waals surface area contributed by atoms with E-state index in [9.17, 15) is 14.0 Å². The molecule has 7 atom stereocenters. The number of allylic oxidation sites excluding steroid dienone is 2. The van der Waals surface area contributed by atoms with Crippen LogP contribution in [0.4, 0.5) is 4.39 Å². The number of nitrogens with one attached hydrogen (secondary N) is 1. The van der Waals surface area contributed by atoms with Crippen LogP contribution in [0.15, 0.2) is 35.9 Å². The van der Waals surface area contributed by atoms with Gasteiger partial charge in [-0.3, -0.25) is 9.59 Å². The number of hydrogen-bond acceptors (Lipinski definition) is 2. The summed E-state index contributed by atoms with van der Waals surface area (Å²) < 4.78 is 13.6. The lowest BCUT2D eigenvalue weighted by atomic mass is 9.35. The molecule has 1 amide bonds. The molecule has 0 spiro atoms. The van der Waals surface area contributed by atoms with E-state index in [1.807, 2.05) is 6.07 Å². The van der Waals surface area contributed by atoms with E-state index in [-0.39, 0.29) is 39.7 Å². The first-order valence-corrected chi connectivity index (χ1v) is 15.0. The highest BCUT2D eigenvalue weighted by Gasteiger charge is 2.67. The van der Waals surface area contributed by atoms with Crippen molar-refractivity contribution in [1.82, 2.24) is 5.32 Å². The largest absolute Gasteiger partial charge is 0.355 e. The zero-order valence-corrected chi connectivity index (χ0v) is 25.0. The topological polar surface area (TPSA) is 46.2 Å². The maximum Gasteiger partial charge on any atom is 0.230 e. The Morgan fingerprint density at radius 2 is 1.84 bits per heavy atom. The molecular weight excluding hydrogens is 473 g/mol. The number of hydrogen-bond donors (Lipinski definition) is 1. The third-order valence-electron chi connectivity index (χ3n) is 12.0. The van der Waals surface area contributed by atoms with Crippen LogP contribution in [0.1, 0.15) is 99.5 Å². The molecular formula is C34H50FNO2. The summed E-state index contributed by atoms with van der Waals surface area (Å²) in [6.07, 6.45) is 9.21. The van der Waals surface area contributed by atoms with Crippen LogP contribution < -0.4 is 5.32 Å². The first kappa shape index (κ1) is 29.0. The highest BCUT2D eigenvalue weighted by Crippen LogP contribution is 2.72. The smallest absolute Gasteiger partial charge is 0.230 e. The Balaban J connectivity index is 1.63. The normalized spacial score (nSPS) is 37.0. The van der Waals surface area contributed by atoms with Gasteiger partial charge in [-0.1, -0.05) is 79.2 Å². The number of fused-ring (bicyclic) bond motifs is 3. The van der Waals surface area contributed by atoms with Crippen molar-refractivity contribution in [2.75, 3.05) is 6.54 Å². The van der Waals surface area contributed by atoms with E-state index in [1.165, 1.54) is 12.1 Å². The van der Waals surface area contributed by atoms with Crippen LogP contribution in [0.2, 0.25) is 0 Å². The Hall–Kier alpha value is -1.97. The molecule has 38 heavy (non-hydrogen) atoms. The van der Waals surface area contributed by atoms with E-state index >= 15 is 0 Å². The van der Waals surface area contributed by atoms with Gasteiger partial charge in [0.25, 0.3) is 0 Å². The van der Waals surface area contributed by atoms with Gasteiger partial charge in [-0.25, -0.2) is 4.39 Å². The summed E-state index contributed by atoms with van der Waals surface area (Å²) in [6.45, 7) is 19.0. The predicted octanol–water partition coefficient (Wildman–Crippen LogP) is 7.93. The molecule has 0 aromatic heterocycles. The van der Waals surface area contributed by atoms with Gasteiger partial charge >= 0.3 is 0 Å². The van der Waals surface area contributed by atoms with E-state index < -0.39 is 11.3 Å². The predicted molar refractivity (Wildman–Crippen MR) is 153 cm³/mol. The van der Waals surface area contributed by atoms with Gasteiger partial charge < -0.3 is 5.32 Å². The summed E-state index contributed by atoms with van der Waals surface area (Å²) >= 11 is 0. The van der Waals surface area contributed by atoms with Crippen molar-refractivity contribution in [2.24, 2.45) is 45.3 Å². The fourth-order valence-electron chi connectivity index (χ4n) is 9.46. The van der Waals surface area contributed by atoms with E-state index in [0.29, 0.717) is 31.2 Å². The Morgan fingerprint density at radius 1 is 1.13 bits per heavy atom. The fourth-order valence-corrected chi connectivity index (χ4v) is 9.46. The monoisotopic (exact) mass is 523 g/mol. The second kappa shape index (κ2) is 10.2. The Bertz CT molecular complexity index is 1110. The van der Waals surface area contributed by atoms with Gasteiger partial charge in [0.2, 0.25) is 5.91 Å². The van der Waals surface area contributed by atoms with Gasteiger partial charge in [0.05, 0.1) is 5.92 Å². The lowest BCUT2D eigenvalue weighted by Gasteiger charge is -2.68. The molecule has 1 aromatic carbocycles. The van der Waals surface area contributed by atoms with Crippen molar-refractivity contribution in [3.8, 4) is 0 Å². The van der Waals surface area contributed by atoms with Gasteiger partial charge in [-0.05, 0) is 96.6 Å². The molecule has 210 valence electrons. The minimum atomic E-state index is -0.631. The SMILES string of the molecule is CCC(C)C1=CCC2C3(C)CC(C(=O)NCCc4cccc(F)c4)C(=O)C(C)(C)C3CCC2(C)C1(C)CC. The van der Waals surface area contributed by atoms with Crippen LogP contribution in [0.25, 0.3) is 0 Å². The molecule has 1 aromatic rings. The molecule has 1 N–H and O–H groups in total. The number of amides is 1. The Kier molecular flexibility index (Phi) is 7.80. The van der Waals surface area contributed by atoms with E-state index in [2.05, 4.69) is 66.8 Å². The van der Waals surface area contributed by atoms with Gasteiger partial charge in [0.15, 0.2) is 5.78 Å². The maximum absolute atomic E-state index is 13.8. The minimum absolute atomic E-state index is 0.0942. The van der Waals surface area contributed by atoms with Gasteiger partial charge in [-0.2, -0.15) is 0 Å². The molecule has 3 aliphatic rings. The van der Waals surface area contributed by atoms with E-state index in [0.717, 1.165) is 37.7 Å². The maximum atomic E-state index is 13.8. The number of halogens is 1. The average Bonchev–Trinajstić information content (AvgIpc) is 2.86. The Morgan fingerprint density at radius 3 is 2.47 bits per heavy atom. The van der Waals surface area contributed by atoms with E-state index in [1.54, 1.807) is 11.6 Å². The molecule has 2 fully saturated rings. The van der Waals surface area contributed by atoms with Crippen molar-refractivity contribution in [2.45, 2.75) is 100 Å². The summed E-state index contributed by atoms with van der Waals surface area (Å²) in [5.74, 6) is 0.318. The molecule has 4 rings (SSSR count). The molecule has 0 bridgehead atoms. The van der Waals surface area contributed by atoms with Crippen LogP contribution in [-0.2, 0) is 16.0 Å². The fraction of sp³-hybridized carbons (Fsp3) is 0.706. The first-order chi connectivity index (χ1) is 17.8. The summed E-state index contributed by atoms with van der Waals surface area (Å²) in [5, 5.41) is 3.05. The number of ketones is 1. The van der Waals surface area contributed by atoms with Crippen molar-refractivity contribution in [3.63, 3.8) is 0 Å². The molecule has 0 aliphatic heterocycles. The third-order valence-corrected chi connectivity index (χ3v) is 12.0. The van der Waals surface area contributed by atoms with Crippen molar-refractivity contribution in [3.05, 3.63) is 47.3 Å². The van der Waals surface area contributed by atoms with Crippen LogP contribution in [0.5, 0.6) is 0 Å². The summed E-state index contributed by atoms with van der Waals surface area (Å²) in [5.41, 5.74) is 2.09.